The van der Waals surface area contributed by atoms with Gasteiger partial charge in [0, 0.05) is 5.69 Å². The minimum absolute atomic E-state index is 0.336. The Bertz CT molecular complexity index is 958. The first-order valence-electron chi connectivity index (χ1n) is 7.73. The highest BCUT2D eigenvalue weighted by molar-refractivity contribution is 6.04. The molecule has 6 heteroatoms. The summed E-state index contributed by atoms with van der Waals surface area (Å²) in [4.78, 5) is 12.2. The molecule has 0 fully saturated rings. The van der Waals surface area contributed by atoms with E-state index in [4.69, 9.17) is 0 Å². The van der Waals surface area contributed by atoms with Gasteiger partial charge in [0.25, 0.3) is 5.91 Å². The summed E-state index contributed by atoms with van der Waals surface area (Å²) in [6.07, 6.45) is 0.492. The molecule has 0 heterocycles. The Balaban J connectivity index is 1.89. The Morgan fingerprint density at radius 3 is 2.19 bits per heavy atom. The van der Waals surface area contributed by atoms with Crippen molar-refractivity contribution < 1.29 is 22.4 Å². The number of carbonyl (C=O) groups is 1. The van der Waals surface area contributed by atoms with Crippen molar-refractivity contribution in [1.29, 1.82) is 0 Å². The molecule has 3 aromatic carbocycles. The first kappa shape index (κ1) is 17.7. The number of nitrogens with one attached hydrogen (secondary N) is 1. The van der Waals surface area contributed by atoms with Gasteiger partial charge in [-0.05, 0) is 29.7 Å². The molecule has 0 bridgehead atoms. The van der Waals surface area contributed by atoms with Gasteiger partial charge in [-0.2, -0.15) is 0 Å². The summed E-state index contributed by atoms with van der Waals surface area (Å²) < 4.78 is 53.5. The quantitative estimate of drug-likeness (QED) is 0.393. The van der Waals surface area contributed by atoms with E-state index in [1.807, 2.05) is 30.3 Å². The van der Waals surface area contributed by atoms with Gasteiger partial charge in [0.2, 0.25) is 0 Å². The lowest BCUT2D eigenvalue weighted by Crippen LogP contribution is -2.17. The van der Waals surface area contributed by atoms with Gasteiger partial charge >= 0.3 is 0 Å². The first-order valence-corrected chi connectivity index (χ1v) is 7.73. The number of hydrogen-bond donors (Lipinski definition) is 1. The predicted octanol–water partition coefficient (Wildman–Crippen LogP) is 5.09. The Kier molecular flexibility index (Phi) is 5.02. The molecular formula is C20H13F4NO. The van der Waals surface area contributed by atoms with Gasteiger partial charge < -0.3 is 5.32 Å². The molecule has 1 N–H and O–H groups in total. The minimum Gasteiger partial charge on any atom is -0.322 e. The van der Waals surface area contributed by atoms with E-state index in [1.165, 1.54) is 0 Å². The van der Waals surface area contributed by atoms with Crippen molar-refractivity contribution in [2.24, 2.45) is 0 Å². The summed E-state index contributed by atoms with van der Waals surface area (Å²) in [6, 6.07) is 16.5. The Morgan fingerprint density at radius 2 is 1.46 bits per heavy atom. The Morgan fingerprint density at radius 1 is 0.808 bits per heavy atom. The van der Waals surface area contributed by atoms with Crippen molar-refractivity contribution in [2.45, 2.75) is 6.42 Å². The van der Waals surface area contributed by atoms with Crippen LogP contribution in [-0.2, 0) is 6.42 Å². The van der Waals surface area contributed by atoms with Crippen LogP contribution in [-0.4, -0.2) is 5.91 Å². The third-order valence-electron chi connectivity index (χ3n) is 3.85. The molecule has 0 aliphatic heterocycles. The maximum atomic E-state index is 13.8. The third kappa shape index (κ3) is 3.59. The highest BCUT2D eigenvalue weighted by Gasteiger charge is 2.23. The number of rotatable bonds is 4. The molecular weight excluding hydrogens is 346 g/mol. The number of halogens is 4. The van der Waals surface area contributed by atoms with Crippen LogP contribution in [0.25, 0.3) is 0 Å². The van der Waals surface area contributed by atoms with Crippen molar-refractivity contribution in [2.75, 3.05) is 5.32 Å². The van der Waals surface area contributed by atoms with Crippen LogP contribution >= 0.6 is 0 Å². The molecule has 2 nitrogen and oxygen atoms in total. The van der Waals surface area contributed by atoms with E-state index in [0.29, 0.717) is 18.2 Å². The third-order valence-corrected chi connectivity index (χ3v) is 3.85. The van der Waals surface area contributed by atoms with Gasteiger partial charge in [0.15, 0.2) is 23.3 Å². The molecule has 0 radical (unpaired) electrons. The van der Waals surface area contributed by atoms with Crippen LogP contribution in [0.1, 0.15) is 21.5 Å². The zero-order chi connectivity index (χ0) is 18.7. The van der Waals surface area contributed by atoms with Crippen LogP contribution in [0.2, 0.25) is 0 Å². The SMILES string of the molecule is O=C(Nc1ccccc1Cc1ccccc1)c1cc(F)c(F)c(F)c1F. The van der Waals surface area contributed by atoms with Crippen molar-refractivity contribution in [3.05, 3.63) is 101 Å². The molecule has 0 saturated carbocycles. The van der Waals surface area contributed by atoms with Crippen molar-refractivity contribution in [3.63, 3.8) is 0 Å². The van der Waals surface area contributed by atoms with Crippen LogP contribution in [0.4, 0.5) is 23.2 Å². The van der Waals surface area contributed by atoms with Crippen LogP contribution in [0.3, 0.4) is 0 Å². The van der Waals surface area contributed by atoms with Crippen LogP contribution in [0.5, 0.6) is 0 Å². The maximum absolute atomic E-state index is 13.8. The van der Waals surface area contributed by atoms with E-state index in [2.05, 4.69) is 5.32 Å². The summed E-state index contributed by atoms with van der Waals surface area (Å²) in [6.45, 7) is 0. The summed E-state index contributed by atoms with van der Waals surface area (Å²) >= 11 is 0. The van der Waals surface area contributed by atoms with Crippen LogP contribution in [0, 0.1) is 23.3 Å². The Labute approximate surface area is 147 Å². The number of para-hydroxylation sites is 1. The molecule has 0 unspecified atom stereocenters. The zero-order valence-electron chi connectivity index (χ0n) is 13.4. The second-order valence-electron chi connectivity index (χ2n) is 5.62. The summed E-state index contributed by atoms with van der Waals surface area (Å²) in [7, 11) is 0. The average molecular weight is 359 g/mol. The normalized spacial score (nSPS) is 10.6. The first-order chi connectivity index (χ1) is 12.5. The van der Waals surface area contributed by atoms with Gasteiger partial charge in [-0.1, -0.05) is 48.5 Å². The van der Waals surface area contributed by atoms with Crippen LogP contribution < -0.4 is 5.32 Å². The van der Waals surface area contributed by atoms with Crippen molar-refractivity contribution in [1.82, 2.24) is 0 Å². The van der Waals surface area contributed by atoms with Gasteiger partial charge in [0.05, 0.1) is 5.56 Å². The van der Waals surface area contributed by atoms with Crippen LogP contribution in [0.15, 0.2) is 60.7 Å². The number of benzene rings is 3. The lowest BCUT2D eigenvalue weighted by Gasteiger charge is -2.12. The molecule has 3 aromatic rings. The molecule has 0 aliphatic rings. The van der Waals surface area contributed by atoms with E-state index < -0.39 is 34.7 Å². The molecule has 132 valence electrons. The average Bonchev–Trinajstić information content (AvgIpc) is 2.65. The lowest BCUT2D eigenvalue weighted by molar-refractivity contribution is 0.102. The molecule has 26 heavy (non-hydrogen) atoms. The largest absolute Gasteiger partial charge is 0.322 e. The van der Waals surface area contributed by atoms with E-state index in [0.717, 1.165) is 11.1 Å². The number of amides is 1. The second-order valence-corrected chi connectivity index (χ2v) is 5.62. The highest BCUT2D eigenvalue weighted by atomic mass is 19.2. The monoisotopic (exact) mass is 359 g/mol. The molecule has 3 rings (SSSR count). The molecule has 1 amide bonds. The fraction of sp³-hybridized carbons (Fsp3) is 0.0500. The topological polar surface area (TPSA) is 29.1 Å². The minimum atomic E-state index is -2.02. The molecule has 0 aromatic heterocycles. The van der Waals surface area contributed by atoms with Gasteiger partial charge in [-0.25, -0.2) is 17.6 Å². The number of hydrogen-bond acceptors (Lipinski definition) is 1. The van der Waals surface area contributed by atoms with E-state index in [9.17, 15) is 22.4 Å². The highest BCUT2D eigenvalue weighted by Crippen LogP contribution is 2.23. The standard InChI is InChI=1S/C20H13F4NO/c21-15-11-14(17(22)19(24)18(15)23)20(26)25-16-9-5-4-8-13(16)10-12-6-2-1-3-7-12/h1-9,11H,10H2,(H,25,26). The van der Waals surface area contributed by atoms with Gasteiger partial charge in [0.1, 0.15) is 0 Å². The molecule has 0 atom stereocenters. The predicted molar refractivity (Wildman–Crippen MR) is 89.9 cm³/mol. The molecule has 0 aliphatic carbocycles. The van der Waals surface area contributed by atoms with E-state index in [-0.39, 0.29) is 0 Å². The van der Waals surface area contributed by atoms with E-state index in [1.54, 1.807) is 24.3 Å². The Hall–Kier alpha value is -3.15. The summed E-state index contributed by atoms with van der Waals surface area (Å²) in [5.74, 6) is -8.41. The maximum Gasteiger partial charge on any atom is 0.258 e. The van der Waals surface area contributed by atoms with Gasteiger partial charge in [-0.15, -0.1) is 0 Å². The van der Waals surface area contributed by atoms with Crippen molar-refractivity contribution in [3.8, 4) is 0 Å². The number of anilines is 1. The molecule has 0 spiro atoms. The van der Waals surface area contributed by atoms with Crippen molar-refractivity contribution >= 4 is 11.6 Å². The van der Waals surface area contributed by atoms with E-state index >= 15 is 0 Å². The summed E-state index contributed by atoms with van der Waals surface area (Å²) in [5.41, 5.74) is 1.18. The lowest BCUT2D eigenvalue weighted by atomic mass is 10.0. The number of carbonyl (C=O) groups excluding carboxylic acids is 1. The van der Waals surface area contributed by atoms with Gasteiger partial charge in [-0.3, -0.25) is 4.79 Å². The fourth-order valence-corrected chi connectivity index (χ4v) is 2.54. The fourth-order valence-electron chi connectivity index (χ4n) is 2.54. The smallest absolute Gasteiger partial charge is 0.258 e. The molecule has 0 saturated heterocycles. The zero-order valence-corrected chi connectivity index (χ0v) is 13.4. The second kappa shape index (κ2) is 7.39. The summed E-state index contributed by atoms with van der Waals surface area (Å²) in [5, 5.41) is 2.43.